The minimum Gasteiger partial charge on any atom is -0.462 e. The second kappa shape index (κ2) is 2.37. The van der Waals surface area contributed by atoms with E-state index in [1.807, 2.05) is 0 Å². The van der Waals surface area contributed by atoms with Crippen LogP contribution in [0.5, 0.6) is 0 Å². The summed E-state index contributed by atoms with van der Waals surface area (Å²) in [5.41, 5.74) is 0. The molecule has 0 saturated heterocycles. The number of fused-ring (bicyclic) bond motifs is 5. The number of hydrogen-bond acceptors (Lipinski definition) is 2. The number of esters is 1. The zero-order chi connectivity index (χ0) is 9.00. The van der Waals surface area contributed by atoms with Gasteiger partial charge in [0.1, 0.15) is 6.10 Å². The van der Waals surface area contributed by atoms with E-state index in [-0.39, 0.29) is 12.1 Å². The maximum absolute atomic E-state index is 10.8. The van der Waals surface area contributed by atoms with Crippen molar-refractivity contribution in [1.82, 2.24) is 0 Å². The second-order valence-corrected chi connectivity index (χ2v) is 4.57. The van der Waals surface area contributed by atoms with Gasteiger partial charge >= 0.3 is 5.97 Å². The first-order valence-corrected chi connectivity index (χ1v) is 5.11. The first kappa shape index (κ1) is 7.60. The zero-order valence-corrected chi connectivity index (χ0v) is 7.77. The van der Waals surface area contributed by atoms with Gasteiger partial charge in [0.2, 0.25) is 0 Å². The molecule has 70 valence electrons. The van der Waals surface area contributed by atoms with E-state index in [9.17, 15) is 4.79 Å². The highest BCUT2D eigenvalue weighted by Gasteiger charge is 2.56. The fourth-order valence-corrected chi connectivity index (χ4v) is 3.42. The number of carbonyl (C=O) groups excluding carboxylic acids is 1. The summed E-state index contributed by atoms with van der Waals surface area (Å²) in [6.07, 6.45) is 7.34. The molecule has 0 spiro atoms. The van der Waals surface area contributed by atoms with Gasteiger partial charge in [0.25, 0.3) is 0 Å². The highest BCUT2D eigenvalue weighted by atomic mass is 16.5. The molecule has 2 bridgehead atoms. The Kier molecular flexibility index (Phi) is 1.38. The average Bonchev–Trinajstić information content (AvgIpc) is 2.54. The zero-order valence-electron chi connectivity index (χ0n) is 7.77. The summed E-state index contributed by atoms with van der Waals surface area (Å²) in [5, 5.41) is 0. The molecule has 0 amide bonds. The van der Waals surface area contributed by atoms with Gasteiger partial charge in [-0.05, 0) is 30.6 Å². The Morgan fingerprint density at radius 1 is 1.31 bits per heavy atom. The molecule has 0 heterocycles. The van der Waals surface area contributed by atoms with Crippen molar-refractivity contribution < 1.29 is 9.53 Å². The van der Waals surface area contributed by atoms with E-state index in [1.165, 1.54) is 13.3 Å². The number of hydrogen-bond donors (Lipinski definition) is 0. The molecule has 3 aliphatic carbocycles. The molecule has 0 N–H and O–H groups in total. The molecule has 0 aromatic carbocycles. The normalized spacial score (nSPS) is 50.1. The van der Waals surface area contributed by atoms with E-state index in [2.05, 4.69) is 12.2 Å². The lowest BCUT2D eigenvalue weighted by molar-refractivity contribution is -0.161. The minimum atomic E-state index is -0.116. The van der Waals surface area contributed by atoms with Crippen molar-refractivity contribution in [1.29, 1.82) is 0 Å². The van der Waals surface area contributed by atoms with Gasteiger partial charge in [-0.3, -0.25) is 4.79 Å². The Balaban J connectivity index is 1.73. The maximum atomic E-state index is 10.8. The van der Waals surface area contributed by atoms with Gasteiger partial charge in [0, 0.05) is 12.8 Å². The van der Waals surface area contributed by atoms with Crippen molar-refractivity contribution in [3.05, 3.63) is 12.2 Å². The third kappa shape index (κ3) is 0.917. The molecular formula is C11H14O2. The van der Waals surface area contributed by atoms with Gasteiger partial charge in [0.15, 0.2) is 0 Å². The van der Waals surface area contributed by atoms with Crippen LogP contribution in [0.25, 0.3) is 0 Å². The lowest BCUT2D eigenvalue weighted by Crippen LogP contribution is -2.46. The van der Waals surface area contributed by atoms with Crippen molar-refractivity contribution in [3.8, 4) is 0 Å². The monoisotopic (exact) mass is 178 g/mol. The van der Waals surface area contributed by atoms with Crippen molar-refractivity contribution in [2.75, 3.05) is 0 Å². The molecule has 5 atom stereocenters. The fraction of sp³-hybridized carbons (Fsp3) is 0.727. The molecule has 5 unspecified atom stereocenters. The summed E-state index contributed by atoms with van der Waals surface area (Å²) in [6, 6.07) is 0. The molecule has 3 rings (SSSR count). The summed E-state index contributed by atoms with van der Waals surface area (Å²) in [5.74, 6) is 2.91. The predicted molar refractivity (Wildman–Crippen MR) is 47.9 cm³/mol. The van der Waals surface area contributed by atoms with Gasteiger partial charge in [-0.15, -0.1) is 0 Å². The molecule has 2 fully saturated rings. The van der Waals surface area contributed by atoms with E-state index in [1.54, 1.807) is 0 Å². The van der Waals surface area contributed by atoms with Crippen LogP contribution in [-0.2, 0) is 9.53 Å². The predicted octanol–water partition coefficient (Wildman–Crippen LogP) is 1.76. The Hall–Kier alpha value is -0.790. The molecule has 2 nitrogen and oxygen atoms in total. The summed E-state index contributed by atoms with van der Waals surface area (Å²) in [7, 11) is 0. The highest BCUT2D eigenvalue weighted by Crippen LogP contribution is 2.58. The van der Waals surface area contributed by atoms with E-state index in [0.717, 1.165) is 18.3 Å². The molecule has 0 radical (unpaired) electrons. The molecule has 0 aromatic rings. The molecule has 13 heavy (non-hydrogen) atoms. The standard InChI is InChI=1S/C11H14O2/c1-6(12)13-10-5-9-7-2-3-8(4-7)11(9)10/h2-3,7-11H,4-5H2,1H3. The minimum absolute atomic E-state index is 0.116. The van der Waals surface area contributed by atoms with Crippen molar-refractivity contribution in [2.45, 2.75) is 25.9 Å². The van der Waals surface area contributed by atoms with Gasteiger partial charge in [0.05, 0.1) is 0 Å². The van der Waals surface area contributed by atoms with E-state index in [4.69, 9.17) is 4.74 Å². The van der Waals surface area contributed by atoms with Crippen molar-refractivity contribution in [3.63, 3.8) is 0 Å². The first-order chi connectivity index (χ1) is 6.25. The average molecular weight is 178 g/mol. The van der Waals surface area contributed by atoms with Gasteiger partial charge < -0.3 is 4.74 Å². The molecule has 0 aromatic heterocycles. The maximum Gasteiger partial charge on any atom is 0.302 e. The van der Waals surface area contributed by atoms with Crippen LogP contribution in [0, 0.1) is 23.7 Å². The fourth-order valence-electron chi connectivity index (χ4n) is 3.42. The van der Waals surface area contributed by atoms with E-state index in [0.29, 0.717) is 11.8 Å². The lowest BCUT2D eigenvalue weighted by atomic mass is 9.65. The number of ether oxygens (including phenoxy) is 1. The van der Waals surface area contributed by atoms with Crippen LogP contribution in [0.1, 0.15) is 19.8 Å². The van der Waals surface area contributed by atoms with Gasteiger partial charge in [-0.2, -0.15) is 0 Å². The Bertz CT molecular complexity index is 282. The second-order valence-electron chi connectivity index (χ2n) is 4.57. The van der Waals surface area contributed by atoms with Crippen LogP contribution < -0.4 is 0 Å². The number of rotatable bonds is 1. The summed E-state index contributed by atoms with van der Waals surface area (Å²) in [4.78, 5) is 10.8. The number of allylic oxidation sites excluding steroid dienone is 2. The van der Waals surface area contributed by atoms with Crippen LogP contribution in [0.3, 0.4) is 0 Å². The number of carbonyl (C=O) groups is 1. The summed E-state index contributed by atoms with van der Waals surface area (Å²) >= 11 is 0. The smallest absolute Gasteiger partial charge is 0.302 e. The van der Waals surface area contributed by atoms with Crippen LogP contribution in [0.15, 0.2) is 12.2 Å². The third-order valence-corrected chi connectivity index (χ3v) is 3.94. The van der Waals surface area contributed by atoms with Crippen molar-refractivity contribution >= 4 is 5.97 Å². The van der Waals surface area contributed by atoms with E-state index >= 15 is 0 Å². The largest absolute Gasteiger partial charge is 0.462 e. The lowest BCUT2D eigenvalue weighted by Gasteiger charge is -2.44. The molecule has 2 heteroatoms. The molecule has 3 aliphatic rings. The summed E-state index contributed by atoms with van der Waals surface area (Å²) in [6.45, 7) is 1.51. The van der Waals surface area contributed by atoms with Gasteiger partial charge in [-0.1, -0.05) is 12.2 Å². The Morgan fingerprint density at radius 3 is 2.77 bits per heavy atom. The molecule has 0 aliphatic heterocycles. The van der Waals surface area contributed by atoms with Gasteiger partial charge in [-0.25, -0.2) is 0 Å². The SMILES string of the molecule is CC(=O)OC1CC2C3C=CC(C3)C12. The van der Waals surface area contributed by atoms with Crippen LogP contribution in [0.4, 0.5) is 0 Å². The van der Waals surface area contributed by atoms with E-state index < -0.39 is 0 Å². The first-order valence-electron chi connectivity index (χ1n) is 5.11. The van der Waals surface area contributed by atoms with Crippen LogP contribution in [-0.4, -0.2) is 12.1 Å². The third-order valence-electron chi connectivity index (χ3n) is 3.94. The molecule has 2 saturated carbocycles. The molecular weight excluding hydrogens is 164 g/mol. The topological polar surface area (TPSA) is 26.3 Å². The highest BCUT2D eigenvalue weighted by molar-refractivity contribution is 5.66. The van der Waals surface area contributed by atoms with Crippen LogP contribution >= 0.6 is 0 Å². The quantitative estimate of drug-likeness (QED) is 0.452. The Morgan fingerprint density at radius 2 is 2.08 bits per heavy atom. The van der Waals surface area contributed by atoms with Crippen LogP contribution in [0.2, 0.25) is 0 Å². The Labute approximate surface area is 78.0 Å². The summed E-state index contributed by atoms with van der Waals surface area (Å²) < 4.78 is 5.28. The van der Waals surface area contributed by atoms with Crippen molar-refractivity contribution in [2.24, 2.45) is 23.7 Å².